The van der Waals surface area contributed by atoms with Crippen LogP contribution in [0.2, 0.25) is 0 Å². The van der Waals surface area contributed by atoms with Crippen LogP contribution < -0.4 is 61.6 Å². The van der Waals surface area contributed by atoms with Crippen molar-refractivity contribution in [3.05, 3.63) is 24.3 Å². The van der Waals surface area contributed by atoms with Crippen LogP contribution in [0.25, 0.3) is 0 Å². The molecule has 0 aromatic heterocycles. The van der Waals surface area contributed by atoms with Crippen LogP contribution in [0.5, 0.6) is 5.75 Å². The molecule has 6 heteroatoms. The quantitative estimate of drug-likeness (QED) is 0.700. The Morgan fingerprint density at radius 3 is 1.88 bits per heavy atom. The zero-order valence-corrected chi connectivity index (χ0v) is 13.5. The van der Waals surface area contributed by atoms with E-state index in [-0.39, 0.29) is 57.5 Å². The van der Waals surface area contributed by atoms with Gasteiger partial charge in [0.1, 0.15) is 5.75 Å². The zero-order valence-electron chi connectivity index (χ0n) is 10.4. The van der Waals surface area contributed by atoms with Crippen LogP contribution in [-0.4, -0.2) is 13.1 Å². The monoisotopic (exact) mass is 270 g/mol. The van der Waals surface area contributed by atoms with E-state index >= 15 is 0 Å². The van der Waals surface area contributed by atoms with Gasteiger partial charge >= 0.3 is 58.4 Å². The summed E-state index contributed by atoms with van der Waals surface area (Å²) in [4.78, 5) is 0. The predicted octanol–water partition coefficient (Wildman–Crippen LogP) is 0.312. The SMILES string of the molecule is CCC(CC)Oc1ccc([B-](F)(F)F)cc1.[K+]. The summed E-state index contributed by atoms with van der Waals surface area (Å²) in [7, 11) is 0. The van der Waals surface area contributed by atoms with Crippen LogP contribution in [0.15, 0.2) is 24.3 Å². The second-order valence-electron chi connectivity index (χ2n) is 3.70. The van der Waals surface area contributed by atoms with Gasteiger partial charge in [0.25, 0.3) is 0 Å². The fraction of sp³-hybridized carbons (Fsp3) is 0.455. The maximum atomic E-state index is 12.3. The number of halogens is 3. The maximum Gasteiger partial charge on any atom is 1.00 e. The number of benzene rings is 1. The van der Waals surface area contributed by atoms with Crippen molar-refractivity contribution in [2.75, 3.05) is 0 Å². The van der Waals surface area contributed by atoms with Gasteiger partial charge < -0.3 is 17.7 Å². The van der Waals surface area contributed by atoms with Crippen molar-refractivity contribution >= 4 is 12.4 Å². The molecule has 0 bridgehead atoms. The molecule has 90 valence electrons. The molecule has 0 spiro atoms. The van der Waals surface area contributed by atoms with E-state index in [0.717, 1.165) is 25.0 Å². The van der Waals surface area contributed by atoms with E-state index < -0.39 is 12.4 Å². The zero-order chi connectivity index (χ0) is 12.2. The Morgan fingerprint density at radius 1 is 1.06 bits per heavy atom. The third-order valence-electron chi connectivity index (χ3n) is 2.47. The van der Waals surface area contributed by atoms with Crippen molar-refractivity contribution in [1.82, 2.24) is 0 Å². The summed E-state index contributed by atoms with van der Waals surface area (Å²) in [5.41, 5.74) is -0.586. The van der Waals surface area contributed by atoms with Crippen LogP contribution in [0.3, 0.4) is 0 Å². The van der Waals surface area contributed by atoms with Gasteiger partial charge in [0.2, 0.25) is 0 Å². The normalized spacial score (nSPS) is 11.2. The molecular weight excluding hydrogens is 255 g/mol. The Morgan fingerprint density at radius 2 is 1.53 bits per heavy atom. The maximum absolute atomic E-state index is 12.3. The van der Waals surface area contributed by atoms with Crippen molar-refractivity contribution < 1.29 is 69.1 Å². The van der Waals surface area contributed by atoms with Crippen LogP contribution in [-0.2, 0) is 0 Å². The van der Waals surface area contributed by atoms with E-state index in [1.807, 2.05) is 13.8 Å². The molecule has 0 N–H and O–H groups in total. The first-order valence-electron chi connectivity index (χ1n) is 5.44. The van der Waals surface area contributed by atoms with Gasteiger partial charge in [-0.1, -0.05) is 26.0 Å². The summed E-state index contributed by atoms with van der Waals surface area (Å²) in [6, 6.07) is 4.89. The Kier molecular flexibility index (Phi) is 8.08. The molecule has 0 heterocycles. The third-order valence-corrected chi connectivity index (χ3v) is 2.47. The summed E-state index contributed by atoms with van der Waals surface area (Å²) < 4.78 is 42.5. The van der Waals surface area contributed by atoms with Crippen molar-refractivity contribution in [2.45, 2.75) is 32.8 Å². The fourth-order valence-electron chi connectivity index (χ4n) is 1.41. The average molecular weight is 270 g/mol. The van der Waals surface area contributed by atoms with E-state index in [9.17, 15) is 12.9 Å². The molecule has 0 atom stereocenters. The molecule has 0 aliphatic rings. The van der Waals surface area contributed by atoms with Gasteiger partial charge in [0, 0.05) is 0 Å². The van der Waals surface area contributed by atoms with Crippen LogP contribution in [0, 0.1) is 0 Å². The summed E-state index contributed by atoms with van der Waals surface area (Å²) >= 11 is 0. The second kappa shape index (κ2) is 7.84. The molecule has 0 fully saturated rings. The van der Waals surface area contributed by atoms with Crippen LogP contribution in [0.4, 0.5) is 12.9 Å². The first-order valence-corrected chi connectivity index (χ1v) is 5.44. The molecule has 0 amide bonds. The first-order chi connectivity index (χ1) is 7.47. The minimum absolute atomic E-state index is 0. The topological polar surface area (TPSA) is 9.23 Å². The van der Waals surface area contributed by atoms with E-state index in [2.05, 4.69) is 0 Å². The number of ether oxygens (including phenoxy) is 1. The van der Waals surface area contributed by atoms with Crippen LogP contribution >= 0.6 is 0 Å². The van der Waals surface area contributed by atoms with Crippen molar-refractivity contribution in [1.29, 1.82) is 0 Å². The molecule has 0 saturated carbocycles. The van der Waals surface area contributed by atoms with Crippen molar-refractivity contribution in [3.8, 4) is 5.75 Å². The molecular formula is C11H15BF3KO. The van der Waals surface area contributed by atoms with Gasteiger partial charge in [-0.25, -0.2) is 0 Å². The smallest absolute Gasteiger partial charge is 0.490 e. The standard InChI is InChI=1S/C11H15BF3O.K/c1-3-10(4-2)16-11-7-5-9(6-8-11)12(13,14)15;/h5-8,10H,3-4H2,1-2H3;/q-1;+1. The third kappa shape index (κ3) is 5.79. The summed E-state index contributed by atoms with van der Waals surface area (Å²) in [6.07, 6.45) is 1.77. The predicted molar refractivity (Wildman–Crippen MR) is 60.2 cm³/mol. The minimum Gasteiger partial charge on any atom is -0.490 e. The van der Waals surface area contributed by atoms with Gasteiger partial charge in [-0.3, -0.25) is 0 Å². The molecule has 1 aromatic carbocycles. The Bertz CT molecular complexity index is 322. The molecule has 0 saturated heterocycles. The fourth-order valence-corrected chi connectivity index (χ4v) is 1.41. The average Bonchev–Trinajstić information content (AvgIpc) is 2.25. The Hall–Kier alpha value is 0.511. The number of hydrogen-bond acceptors (Lipinski definition) is 1. The molecule has 0 aliphatic heterocycles. The molecule has 0 radical (unpaired) electrons. The number of hydrogen-bond donors (Lipinski definition) is 0. The molecule has 0 aliphatic carbocycles. The van der Waals surface area contributed by atoms with E-state index in [1.54, 1.807) is 0 Å². The largest absolute Gasteiger partial charge is 1.00 e. The molecule has 0 unspecified atom stereocenters. The van der Waals surface area contributed by atoms with E-state index in [4.69, 9.17) is 4.74 Å². The summed E-state index contributed by atoms with van der Waals surface area (Å²) in [5.74, 6) is 0.498. The molecule has 17 heavy (non-hydrogen) atoms. The van der Waals surface area contributed by atoms with Gasteiger partial charge in [0.05, 0.1) is 6.10 Å². The van der Waals surface area contributed by atoms with Gasteiger partial charge in [-0.05, 0) is 25.0 Å². The van der Waals surface area contributed by atoms with Gasteiger partial charge in [0.15, 0.2) is 0 Å². The van der Waals surface area contributed by atoms with E-state index in [0.29, 0.717) is 5.75 Å². The Balaban J connectivity index is 0.00000256. The van der Waals surface area contributed by atoms with Gasteiger partial charge in [-0.2, -0.15) is 0 Å². The molecule has 1 nitrogen and oxygen atoms in total. The van der Waals surface area contributed by atoms with Gasteiger partial charge in [-0.15, -0.1) is 5.46 Å². The Labute approximate surface area is 143 Å². The minimum atomic E-state index is -4.91. The van der Waals surface area contributed by atoms with Crippen molar-refractivity contribution in [3.63, 3.8) is 0 Å². The summed E-state index contributed by atoms with van der Waals surface area (Å²) in [6.45, 7) is -0.932. The summed E-state index contributed by atoms with van der Waals surface area (Å²) in [5, 5.41) is 0. The number of rotatable bonds is 5. The van der Waals surface area contributed by atoms with Crippen LogP contribution in [0.1, 0.15) is 26.7 Å². The first kappa shape index (κ1) is 17.5. The van der Waals surface area contributed by atoms with Crippen molar-refractivity contribution in [2.24, 2.45) is 0 Å². The molecule has 1 rings (SSSR count). The molecule has 1 aromatic rings. The van der Waals surface area contributed by atoms with E-state index in [1.165, 1.54) is 12.1 Å². The second-order valence-corrected chi connectivity index (χ2v) is 3.70.